The standard InChI is InChI=1S/C26H34N4O3/c1-3-33-25(31)30-18-26(19-30)11-10-21(17-26)28-13-15-29(16-14-28)24-23(5-4-12-27-24)20-6-8-22(32-2)9-7-20/h4-9,12,21H,3,10-11,13-19H2,1-2H3/t21-/m1/s1. The van der Waals surface area contributed by atoms with Gasteiger partial charge in [-0.3, -0.25) is 4.90 Å². The van der Waals surface area contributed by atoms with Gasteiger partial charge in [0.15, 0.2) is 0 Å². The Bertz CT molecular complexity index is 966. The van der Waals surface area contributed by atoms with Crippen LogP contribution >= 0.6 is 0 Å². The van der Waals surface area contributed by atoms with Crippen LogP contribution in [0.4, 0.5) is 10.6 Å². The van der Waals surface area contributed by atoms with E-state index in [4.69, 9.17) is 14.5 Å². The second kappa shape index (κ2) is 9.21. The van der Waals surface area contributed by atoms with Crippen LogP contribution in [-0.2, 0) is 4.74 Å². The van der Waals surface area contributed by atoms with Gasteiger partial charge >= 0.3 is 6.09 Å². The van der Waals surface area contributed by atoms with Gasteiger partial charge in [0.1, 0.15) is 11.6 Å². The molecule has 1 aromatic heterocycles. The molecule has 33 heavy (non-hydrogen) atoms. The fraction of sp³-hybridized carbons (Fsp3) is 0.538. The van der Waals surface area contributed by atoms with Crippen molar-refractivity contribution in [3.8, 4) is 16.9 Å². The van der Waals surface area contributed by atoms with Crippen molar-refractivity contribution in [2.24, 2.45) is 5.41 Å². The lowest BCUT2D eigenvalue weighted by molar-refractivity contribution is -0.00294. The smallest absolute Gasteiger partial charge is 0.409 e. The summed E-state index contributed by atoms with van der Waals surface area (Å²) in [6.45, 7) is 8.12. The van der Waals surface area contributed by atoms with E-state index in [2.05, 4.69) is 28.0 Å². The summed E-state index contributed by atoms with van der Waals surface area (Å²) in [6, 6.07) is 13.0. The molecule has 2 aromatic rings. The highest BCUT2D eigenvalue weighted by Gasteiger charge is 2.51. The molecule has 3 heterocycles. The first-order valence-electron chi connectivity index (χ1n) is 12.1. The molecule has 1 aliphatic carbocycles. The number of methoxy groups -OCH3 is 1. The fourth-order valence-electron chi connectivity index (χ4n) is 5.83. The van der Waals surface area contributed by atoms with Crippen LogP contribution in [0.25, 0.3) is 11.1 Å². The minimum Gasteiger partial charge on any atom is -0.497 e. The van der Waals surface area contributed by atoms with Gasteiger partial charge in [-0.15, -0.1) is 0 Å². The number of pyridine rings is 1. The lowest BCUT2D eigenvalue weighted by atomic mass is 9.78. The van der Waals surface area contributed by atoms with Crippen LogP contribution in [0.5, 0.6) is 5.75 Å². The molecule has 7 heteroatoms. The number of benzene rings is 1. The van der Waals surface area contributed by atoms with Crippen molar-refractivity contribution in [2.45, 2.75) is 32.2 Å². The Kier molecular flexibility index (Phi) is 6.15. The number of piperazine rings is 1. The van der Waals surface area contributed by atoms with Crippen LogP contribution in [0.15, 0.2) is 42.6 Å². The third-order valence-corrected chi connectivity index (χ3v) is 7.57. The summed E-state index contributed by atoms with van der Waals surface area (Å²) >= 11 is 0. The van der Waals surface area contributed by atoms with E-state index < -0.39 is 0 Å². The zero-order valence-corrected chi connectivity index (χ0v) is 19.7. The Balaban J connectivity index is 1.18. The lowest BCUT2D eigenvalue weighted by Crippen LogP contribution is -2.58. The van der Waals surface area contributed by atoms with E-state index in [0.717, 1.165) is 56.4 Å². The first-order chi connectivity index (χ1) is 16.1. The maximum atomic E-state index is 12.0. The molecule has 3 fully saturated rings. The zero-order valence-electron chi connectivity index (χ0n) is 19.7. The molecular weight excluding hydrogens is 416 g/mol. The quantitative estimate of drug-likeness (QED) is 0.689. The average Bonchev–Trinajstić information content (AvgIpc) is 3.30. The Morgan fingerprint density at radius 2 is 1.88 bits per heavy atom. The van der Waals surface area contributed by atoms with Gasteiger partial charge in [-0.2, -0.15) is 0 Å². The molecule has 3 aliphatic rings. The highest BCUT2D eigenvalue weighted by atomic mass is 16.6. The number of rotatable bonds is 5. The molecule has 1 atom stereocenters. The number of nitrogens with zero attached hydrogens (tertiary/aromatic N) is 4. The molecule has 2 saturated heterocycles. The van der Waals surface area contributed by atoms with Crippen molar-refractivity contribution in [3.63, 3.8) is 0 Å². The molecule has 0 N–H and O–H groups in total. The molecule has 5 rings (SSSR count). The van der Waals surface area contributed by atoms with Gasteiger partial charge in [-0.1, -0.05) is 12.1 Å². The number of aromatic nitrogens is 1. The first-order valence-corrected chi connectivity index (χ1v) is 12.1. The van der Waals surface area contributed by atoms with Gasteiger partial charge < -0.3 is 19.3 Å². The van der Waals surface area contributed by atoms with E-state index >= 15 is 0 Å². The third kappa shape index (κ3) is 4.38. The SMILES string of the molecule is CCOC(=O)N1CC2(CC[C@@H](N3CCN(c4ncccc4-c4ccc(OC)cc4)CC3)C2)C1. The molecule has 7 nitrogen and oxygen atoms in total. The van der Waals surface area contributed by atoms with Crippen LogP contribution in [0.1, 0.15) is 26.2 Å². The summed E-state index contributed by atoms with van der Waals surface area (Å²) in [5.74, 6) is 1.93. The summed E-state index contributed by atoms with van der Waals surface area (Å²) < 4.78 is 10.5. The van der Waals surface area contributed by atoms with E-state index in [-0.39, 0.29) is 6.09 Å². The predicted molar refractivity (Wildman–Crippen MR) is 129 cm³/mol. The van der Waals surface area contributed by atoms with Crippen LogP contribution < -0.4 is 9.64 Å². The van der Waals surface area contributed by atoms with Crippen molar-refractivity contribution < 1.29 is 14.3 Å². The molecule has 0 unspecified atom stereocenters. The van der Waals surface area contributed by atoms with Crippen LogP contribution in [0, 0.1) is 5.41 Å². The van der Waals surface area contributed by atoms with Crippen molar-refractivity contribution in [1.82, 2.24) is 14.8 Å². The van der Waals surface area contributed by atoms with Crippen molar-refractivity contribution in [2.75, 3.05) is 57.9 Å². The minimum atomic E-state index is -0.150. The van der Waals surface area contributed by atoms with Gasteiger partial charge in [0.2, 0.25) is 0 Å². The zero-order chi connectivity index (χ0) is 22.8. The van der Waals surface area contributed by atoms with E-state index in [9.17, 15) is 4.79 Å². The molecule has 2 aliphatic heterocycles. The Labute approximate surface area is 196 Å². The summed E-state index contributed by atoms with van der Waals surface area (Å²) in [7, 11) is 1.69. The lowest BCUT2D eigenvalue weighted by Gasteiger charge is -2.48. The van der Waals surface area contributed by atoms with Crippen LogP contribution in [0.3, 0.4) is 0 Å². The molecule has 1 saturated carbocycles. The largest absolute Gasteiger partial charge is 0.497 e. The highest BCUT2D eigenvalue weighted by molar-refractivity contribution is 5.76. The predicted octanol–water partition coefficient (Wildman–Crippen LogP) is 3.89. The van der Waals surface area contributed by atoms with Gasteiger partial charge in [-0.05, 0) is 56.0 Å². The summed E-state index contributed by atoms with van der Waals surface area (Å²) in [6.07, 6.45) is 5.39. The molecule has 1 aromatic carbocycles. The topological polar surface area (TPSA) is 58.1 Å². The average molecular weight is 451 g/mol. The summed E-state index contributed by atoms with van der Waals surface area (Å²) in [5, 5.41) is 0. The second-order valence-electron chi connectivity index (χ2n) is 9.58. The fourth-order valence-corrected chi connectivity index (χ4v) is 5.83. The number of likely N-dealkylation sites (tertiary alicyclic amines) is 1. The van der Waals surface area contributed by atoms with Gasteiger partial charge in [-0.25, -0.2) is 9.78 Å². The maximum Gasteiger partial charge on any atom is 0.409 e. The van der Waals surface area contributed by atoms with Crippen LogP contribution in [0.2, 0.25) is 0 Å². The number of carbonyl (C=O) groups excluding carboxylic acids is 1. The first kappa shape index (κ1) is 22.0. The number of hydrogen-bond acceptors (Lipinski definition) is 6. The van der Waals surface area contributed by atoms with Crippen molar-refractivity contribution in [3.05, 3.63) is 42.6 Å². The molecule has 0 radical (unpaired) electrons. The number of ether oxygens (including phenoxy) is 2. The number of hydrogen-bond donors (Lipinski definition) is 0. The maximum absolute atomic E-state index is 12.0. The highest BCUT2D eigenvalue weighted by Crippen LogP contribution is 2.47. The van der Waals surface area contributed by atoms with Crippen LogP contribution in [-0.4, -0.2) is 79.9 Å². The molecule has 0 bridgehead atoms. The molecule has 1 amide bonds. The summed E-state index contributed by atoms with van der Waals surface area (Å²) in [5.41, 5.74) is 2.65. The van der Waals surface area contributed by atoms with E-state index in [1.54, 1.807) is 7.11 Å². The third-order valence-electron chi connectivity index (χ3n) is 7.57. The van der Waals surface area contributed by atoms with Gasteiger partial charge in [0.05, 0.1) is 13.7 Å². The van der Waals surface area contributed by atoms with E-state index in [1.807, 2.05) is 36.2 Å². The van der Waals surface area contributed by atoms with E-state index in [0.29, 0.717) is 18.1 Å². The normalized spacial score (nSPS) is 22.3. The molecule has 176 valence electrons. The second-order valence-corrected chi connectivity index (χ2v) is 9.58. The Morgan fingerprint density at radius 3 is 2.58 bits per heavy atom. The number of carbonyl (C=O) groups is 1. The number of amides is 1. The Hall–Kier alpha value is -2.80. The van der Waals surface area contributed by atoms with Crippen molar-refractivity contribution in [1.29, 1.82) is 0 Å². The van der Waals surface area contributed by atoms with Gasteiger partial charge in [0, 0.05) is 62.5 Å². The van der Waals surface area contributed by atoms with E-state index in [1.165, 1.54) is 24.8 Å². The summed E-state index contributed by atoms with van der Waals surface area (Å²) in [4.78, 5) is 23.7. The number of anilines is 1. The molecule has 1 spiro atoms. The minimum absolute atomic E-state index is 0.150. The van der Waals surface area contributed by atoms with Gasteiger partial charge in [0.25, 0.3) is 0 Å². The van der Waals surface area contributed by atoms with Crippen molar-refractivity contribution >= 4 is 11.9 Å². The monoisotopic (exact) mass is 450 g/mol. The Morgan fingerprint density at radius 1 is 1.12 bits per heavy atom. The molecular formula is C26H34N4O3.